The molecule has 2 aliphatic rings. The summed E-state index contributed by atoms with van der Waals surface area (Å²) in [6.07, 6.45) is 5.95. The van der Waals surface area contributed by atoms with Crippen molar-refractivity contribution in [3.8, 4) is 11.5 Å². The Labute approximate surface area is 169 Å². The minimum Gasteiger partial charge on any atom is -0.456 e. The van der Waals surface area contributed by atoms with E-state index in [1.807, 2.05) is 23.9 Å². The smallest absolute Gasteiger partial charge is 0.243 e. The van der Waals surface area contributed by atoms with Crippen LogP contribution in [-0.2, 0) is 10.0 Å². The fourth-order valence-corrected chi connectivity index (χ4v) is 7.02. The first kappa shape index (κ1) is 19.1. The van der Waals surface area contributed by atoms with E-state index in [0.717, 1.165) is 25.7 Å². The number of halogens is 1. The van der Waals surface area contributed by atoms with E-state index >= 15 is 0 Å². The third-order valence-corrected chi connectivity index (χ3v) is 8.80. The third-order valence-electron chi connectivity index (χ3n) is 5.42. The van der Waals surface area contributed by atoms with Crippen LogP contribution < -0.4 is 4.74 Å². The van der Waals surface area contributed by atoms with Gasteiger partial charge in [-0.3, -0.25) is 0 Å². The standard InChI is InChI=1S/C20H22ClNO3S2/c1-26-17-12-14-6-7-15(13-17)22(14)27(23,24)18-10-8-16(9-11-18)25-20-5-3-2-4-19(20)21/h2-5,8-11,14-15,17H,6-7,12-13H2,1H3. The lowest BCUT2D eigenvalue weighted by molar-refractivity contribution is 0.253. The van der Waals surface area contributed by atoms with Crippen molar-refractivity contribution in [2.24, 2.45) is 0 Å². The van der Waals surface area contributed by atoms with E-state index in [1.54, 1.807) is 40.7 Å². The van der Waals surface area contributed by atoms with Gasteiger partial charge in [0.2, 0.25) is 10.0 Å². The molecule has 2 aromatic rings. The summed E-state index contributed by atoms with van der Waals surface area (Å²) in [5.41, 5.74) is 0. The lowest BCUT2D eigenvalue weighted by Crippen LogP contribution is -2.47. The summed E-state index contributed by atoms with van der Waals surface area (Å²) in [6.45, 7) is 0. The number of ether oxygens (including phenoxy) is 1. The number of hydrogen-bond donors (Lipinski definition) is 0. The first-order chi connectivity index (χ1) is 13.0. The van der Waals surface area contributed by atoms with Crippen molar-refractivity contribution in [3.05, 3.63) is 53.6 Å². The van der Waals surface area contributed by atoms with E-state index in [1.165, 1.54) is 0 Å². The van der Waals surface area contributed by atoms with Crippen LogP contribution in [0.5, 0.6) is 11.5 Å². The maximum atomic E-state index is 13.2. The fraction of sp³-hybridized carbons (Fsp3) is 0.400. The SMILES string of the molecule is CSC1CC2CCC(C1)N2S(=O)(=O)c1ccc(Oc2ccccc2Cl)cc1. The average Bonchev–Trinajstić information content (AvgIpc) is 2.95. The number of nitrogens with zero attached hydrogens (tertiary/aromatic N) is 1. The molecule has 0 saturated carbocycles. The molecule has 7 heteroatoms. The molecule has 0 aliphatic carbocycles. The van der Waals surface area contributed by atoms with Gasteiger partial charge in [0, 0.05) is 17.3 Å². The Kier molecular flexibility index (Phi) is 5.43. The average molecular weight is 424 g/mol. The molecule has 27 heavy (non-hydrogen) atoms. The van der Waals surface area contributed by atoms with Crippen molar-refractivity contribution in [3.63, 3.8) is 0 Å². The normalized spacial score (nSPS) is 25.5. The molecule has 0 spiro atoms. The van der Waals surface area contributed by atoms with Crippen molar-refractivity contribution >= 4 is 33.4 Å². The Balaban J connectivity index is 1.54. The molecule has 2 atom stereocenters. The van der Waals surface area contributed by atoms with Gasteiger partial charge in [-0.2, -0.15) is 16.1 Å². The Hall–Kier alpha value is -1.21. The second-order valence-electron chi connectivity index (χ2n) is 7.05. The van der Waals surface area contributed by atoms with Gasteiger partial charge in [-0.1, -0.05) is 23.7 Å². The highest BCUT2D eigenvalue weighted by atomic mass is 35.5. The van der Waals surface area contributed by atoms with Gasteiger partial charge in [0.15, 0.2) is 0 Å². The summed E-state index contributed by atoms with van der Waals surface area (Å²) < 4.78 is 34.0. The molecule has 0 aromatic heterocycles. The van der Waals surface area contributed by atoms with E-state index in [-0.39, 0.29) is 12.1 Å². The van der Waals surface area contributed by atoms with Gasteiger partial charge in [0.1, 0.15) is 11.5 Å². The lowest BCUT2D eigenvalue weighted by Gasteiger charge is -2.37. The number of thioether (sulfide) groups is 1. The Bertz CT molecular complexity index is 903. The topological polar surface area (TPSA) is 46.6 Å². The minimum absolute atomic E-state index is 0.130. The predicted molar refractivity (Wildman–Crippen MR) is 110 cm³/mol. The van der Waals surface area contributed by atoms with Gasteiger partial charge in [-0.25, -0.2) is 8.42 Å². The molecule has 0 N–H and O–H groups in total. The highest BCUT2D eigenvalue weighted by Gasteiger charge is 2.46. The number of benzene rings is 2. The van der Waals surface area contributed by atoms with Gasteiger partial charge in [0.05, 0.1) is 9.92 Å². The number of fused-ring (bicyclic) bond motifs is 2. The Morgan fingerprint density at radius 3 is 2.26 bits per heavy atom. The van der Waals surface area contributed by atoms with Crippen LogP contribution in [0, 0.1) is 0 Å². The Morgan fingerprint density at radius 2 is 1.67 bits per heavy atom. The second-order valence-corrected chi connectivity index (χ2v) is 10.4. The van der Waals surface area contributed by atoms with Gasteiger partial charge in [-0.05, 0) is 68.3 Å². The van der Waals surface area contributed by atoms with Crippen LogP contribution >= 0.6 is 23.4 Å². The molecule has 0 radical (unpaired) electrons. The van der Waals surface area contributed by atoms with Crippen LogP contribution in [0.3, 0.4) is 0 Å². The molecule has 2 aliphatic heterocycles. The zero-order chi connectivity index (χ0) is 19.0. The largest absolute Gasteiger partial charge is 0.456 e. The lowest BCUT2D eigenvalue weighted by atomic mass is 10.1. The monoisotopic (exact) mass is 423 g/mol. The van der Waals surface area contributed by atoms with Crippen molar-refractivity contribution in [1.82, 2.24) is 4.31 Å². The molecule has 2 unspecified atom stereocenters. The van der Waals surface area contributed by atoms with Crippen LogP contribution in [-0.4, -0.2) is 36.3 Å². The highest BCUT2D eigenvalue weighted by Crippen LogP contribution is 2.42. The van der Waals surface area contributed by atoms with Crippen LogP contribution in [0.1, 0.15) is 25.7 Å². The number of sulfonamides is 1. The maximum absolute atomic E-state index is 13.2. The summed E-state index contributed by atoms with van der Waals surface area (Å²) in [7, 11) is -3.48. The van der Waals surface area contributed by atoms with Gasteiger partial charge < -0.3 is 4.74 Å². The van der Waals surface area contributed by atoms with Crippen molar-refractivity contribution in [2.45, 2.75) is 47.9 Å². The van der Waals surface area contributed by atoms with Crippen LogP contribution in [0.2, 0.25) is 5.02 Å². The molecule has 4 rings (SSSR count). The number of rotatable bonds is 5. The van der Waals surface area contributed by atoms with Crippen molar-refractivity contribution < 1.29 is 13.2 Å². The van der Waals surface area contributed by atoms with E-state index in [0.29, 0.717) is 26.7 Å². The first-order valence-electron chi connectivity index (χ1n) is 9.08. The van der Waals surface area contributed by atoms with Gasteiger partial charge in [-0.15, -0.1) is 0 Å². The molecule has 0 amide bonds. The third kappa shape index (κ3) is 3.73. The van der Waals surface area contributed by atoms with Crippen LogP contribution in [0.25, 0.3) is 0 Å². The van der Waals surface area contributed by atoms with E-state index in [2.05, 4.69) is 6.26 Å². The molecular formula is C20H22ClNO3S2. The summed E-state index contributed by atoms with van der Waals surface area (Å²) in [5.74, 6) is 1.11. The summed E-state index contributed by atoms with van der Waals surface area (Å²) in [4.78, 5) is 0.327. The second kappa shape index (κ2) is 7.66. The zero-order valence-corrected chi connectivity index (χ0v) is 17.4. The van der Waals surface area contributed by atoms with Crippen LogP contribution in [0.4, 0.5) is 0 Å². The summed E-state index contributed by atoms with van der Waals surface area (Å²) in [6, 6.07) is 14.1. The molecule has 2 saturated heterocycles. The molecule has 2 heterocycles. The zero-order valence-electron chi connectivity index (χ0n) is 15.0. The first-order valence-corrected chi connectivity index (χ1v) is 12.2. The number of hydrogen-bond acceptors (Lipinski definition) is 4. The predicted octanol–water partition coefficient (Wildman–Crippen LogP) is 5.18. The Morgan fingerprint density at radius 1 is 1.04 bits per heavy atom. The summed E-state index contributed by atoms with van der Waals surface area (Å²) in [5, 5.41) is 1.09. The van der Waals surface area contributed by atoms with E-state index in [9.17, 15) is 8.42 Å². The van der Waals surface area contributed by atoms with Crippen molar-refractivity contribution in [1.29, 1.82) is 0 Å². The number of para-hydroxylation sites is 1. The van der Waals surface area contributed by atoms with Gasteiger partial charge in [0.25, 0.3) is 0 Å². The van der Waals surface area contributed by atoms with E-state index < -0.39 is 10.0 Å². The van der Waals surface area contributed by atoms with E-state index in [4.69, 9.17) is 16.3 Å². The molecule has 2 aromatic carbocycles. The van der Waals surface area contributed by atoms with Gasteiger partial charge >= 0.3 is 0 Å². The molecule has 2 fully saturated rings. The molecule has 4 nitrogen and oxygen atoms in total. The summed E-state index contributed by atoms with van der Waals surface area (Å²) >= 11 is 7.97. The maximum Gasteiger partial charge on any atom is 0.243 e. The molecule has 2 bridgehead atoms. The fourth-order valence-electron chi connectivity index (χ4n) is 4.12. The minimum atomic E-state index is -3.48. The highest BCUT2D eigenvalue weighted by molar-refractivity contribution is 7.99. The molecule has 144 valence electrons. The number of piperidine rings is 1. The molecular weight excluding hydrogens is 402 g/mol. The quantitative estimate of drug-likeness (QED) is 0.664. The van der Waals surface area contributed by atoms with Crippen LogP contribution in [0.15, 0.2) is 53.4 Å². The van der Waals surface area contributed by atoms with Crippen molar-refractivity contribution in [2.75, 3.05) is 6.26 Å².